The highest BCUT2D eigenvalue weighted by molar-refractivity contribution is 5.88. The second-order valence-corrected chi connectivity index (χ2v) is 8.43. The van der Waals surface area contributed by atoms with E-state index in [0.29, 0.717) is 17.4 Å². The molecule has 0 radical (unpaired) electrons. The van der Waals surface area contributed by atoms with Gasteiger partial charge in [0.1, 0.15) is 17.5 Å². The van der Waals surface area contributed by atoms with Crippen molar-refractivity contribution >= 4 is 10.8 Å². The Hall–Kier alpha value is -3.55. The third kappa shape index (κ3) is 5.32. The van der Waals surface area contributed by atoms with Crippen LogP contribution in [0.15, 0.2) is 54.6 Å². The van der Waals surface area contributed by atoms with Gasteiger partial charge in [0.05, 0.1) is 5.56 Å². The smallest absolute Gasteiger partial charge is 0.387 e. The summed E-state index contributed by atoms with van der Waals surface area (Å²) in [6.07, 6.45) is 1.40. The largest absolute Gasteiger partial charge is 0.429 e. The molecule has 0 unspecified atom stereocenters. The van der Waals surface area contributed by atoms with Gasteiger partial charge in [-0.2, -0.15) is 8.78 Å². The summed E-state index contributed by atoms with van der Waals surface area (Å²) in [5, 5.41) is 0.647. The van der Waals surface area contributed by atoms with Crippen molar-refractivity contribution in [3.05, 3.63) is 100 Å². The summed E-state index contributed by atoms with van der Waals surface area (Å²) >= 11 is 0. The Morgan fingerprint density at radius 2 is 1.31 bits per heavy atom. The van der Waals surface area contributed by atoms with Crippen LogP contribution in [-0.4, -0.2) is 6.61 Å². The third-order valence-electron chi connectivity index (χ3n) is 5.91. The lowest BCUT2D eigenvalue weighted by Gasteiger charge is -2.12. The normalized spacial score (nSPS) is 11.5. The highest BCUT2D eigenvalue weighted by Gasteiger charge is 2.18. The lowest BCUT2D eigenvalue weighted by molar-refractivity contribution is -0.0546. The van der Waals surface area contributed by atoms with Crippen LogP contribution >= 0.6 is 0 Å². The van der Waals surface area contributed by atoms with Crippen molar-refractivity contribution in [2.45, 2.75) is 39.2 Å². The molecule has 0 saturated carbocycles. The van der Waals surface area contributed by atoms with Crippen LogP contribution in [0.4, 0.5) is 30.7 Å². The fraction of sp³-hybridized carbons (Fsp3) is 0.214. The molecule has 4 aromatic carbocycles. The molecule has 36 heavy (non-hydrogen) atoms. The van der Waals surface area contributed by atoms with Crippen molar-refractivity contribution in [1.82, 2.24) is 0 Å². The van der Waals surface area contributed by atoms with Gasteiger partial charge in [-0.3, -0.25) is 0 Å². The van der Waals surface area contributed by atoms with Gasteiger partial charge >= 0.3 is 6.61 Å². The SMILES string of the molecule is CCCc1cc(F)c(-c2ccc3c(F)c(CCc4cc(F)c(OC(F)F)c(F)c4)ccc3c2)c(F)c1. The van der Waals surface area contributed by atoms with Crippen LogP contribution in [0.5, 0.6) is 5.75 Å². The molecule has 0 bridgehead atoms. The van der Waals surface area contributed by atoms with Crippen LogP contribution < -0.4 is 4.74 Å². The maximum atomic E-state index is 15.2. The Morgan fingerprint density at radius 1 is 0.694 bits per heavy atom. The van der Waals surface area contributed by atoms with E-state index in [1.807, 2.05) is 6.92 Å². The summed E-state index contributed by atoms with van der Waals surface area (Å²) in [4.78, 5) is 0. The predicted octanol–water partition coefficient (Wildman–Crippen LogP) is 8.54. The molecule has 0 amide bonds. The maximum Gasteiger partial charge on any atom is 0.387 e. The topological polar surface area (TPSA) is 9.23 Å². The summed E-state index contributed by atoms with van der Waals surface area (Å²) < 4.78 is 101. The number of halogens is 7. The first kappa shape index (κ1) is 25.5. The molecule has 0 aliphatic rings. The highest BCUT2D eigenvalue weighted by atomic mass is 19.3. The number of benzene rings is 4. The van der Waals surface area contributed by atoms with Crippen LogP contribution in [0.2, 0.25) is 0 Å². The molecule has 0 fully saturated rings. The Kier molecular flexibility index (Phi) is 7.52. The lowest BCUT2D eigenvalue weighted by atomic mass is 9.96. The van der Waals surface area contributed by atoms with E-state index in [-0.39, 0.29) is 40.5 Å². The molecule has 0 atom stereocenters. The quantitative estimate of drug-likeness (QED) is 0.218. The first-order valence-electron chi connectivity index (χ1n) is 11.3. The summed E-state index contributed by atoms with van der Waals surface area (Å²) in [6.45, 7) is -1.46. The Bertz CT molecular complexity index is 1370. The molecule has 0 heterocycles. The van der Waals surface area contributed by atoms with Gasteiger partial charge in [-0.1, -0.05) is 37.6 Å². The van der Waals surface area contributed by atoms with Gasteiger partial charge in [-0.25, -0.2) is 22.0 Å². The van der Waals surface area contributed by atoms with Crippen LogP contribution in [-0.2, 0) is 19.3 Å². The summed E-state index contributed by atoms with van der Waals surface area (Å²) in [7, 11) is 0. The van der Waals surface area contributed by atoms with Crippen LogP contribution in [0.25, 0.3) is 21.9 Å². The van der Waals surface area contributed by atoms with Gasteiger partial charge in [-0.05, 0) is 77.2 Å². The summed E-state index contributed by atoms with van der Waals surface area (Å²) in [6, 6.07) is 11.8. The number of alkyl halides is 2. The van der Waals surface area contributed by atoms with Gasteiger partial charge in [0, 0.05) is 5.39 Å². The van der Waals surface area contributed by atoms with E-state index in [1.54, 1.807) is 6.07 Å². The maximum absolute atomic E-state index is 15.2. The van der Waals surface area contributed by atoms with Crippen molar-refractivity contribution in [1.29, 1.82) is 0 Å². The minimum atomic E-state index is -3.37. The predicted molar refractivity (Wildman–Crippen MR) is 124 cm³/mol. The monoisotopic (exact) mass is 506 g/mol. The molecule has 1 nitrogen and oxygen atoms in total. The van der Waals surface area contributed by atoms with Gasteiger partial charge in [0.25, 0.3) is 0 Å². The zero-order valence-electron chi connectivity index (χ0n) is 19.2. The molecule has 0 N–H and O–H groups in total. The highest BCUT2D eigenvalue weighted by Crippen LogP contribution is 2.32. The Morgan fingerprint density at radius 3 is 1.92 bits per heavy atom. The van der Waals surface area contributed by atoms with Gasteiger partial charge < -0.3 is 4.74 Å². The molecular weight excluding hydrogens is 485 g/mol. The third-order valence-corrected chi connectivity index (χ3v) is 5.91. The number of rotatable bonds is 8. The van der Waals surface area contributed by atoms with E-state index in [2.05, 4.69) is 4.74 Å². The minimum Gasteiger partial charge on any atom is -0.429 e. The van der Waals surface area contributed by atoms with Crippen molar-refractivity contribution < 1.29 is 35.5 Å². The zero-order valence-corrected chi connectivity index (χ0v) is 19.2. The van der Waals surface area contributed by atoms with Crippen molar-refractivity contribution in [2.75, 3.05) is 0 Å². The average Bonchev–Trinajstić information content (AvgIpc) is 2.81. The van der Waals surface area contributed by atoms with Gasteiger partial charge in [-0.15, -0.1) is 0 Å². The van der Waals surface area contributed by atoms with E-state index in [1.165, 1.54) is 36.4 Å². The minimum absolute atomic E-state index is 0.0316. The second kappa shape index (κ2) is 10.6. The number of hydrogen-bond donors (Lipinski definition) is 0. The van der Waals surface area contributed by atoms with E-state index >= 15 is 4.39 Å². The van der Waals surface area contributed by atoms with Crippen LogP contribution in [0.3, 0.4) is 0 Å². The number of fused-ring (bicyclic) bond motifs is 1. The fourth-order valence-corrected chi connectivity index (χ4v) is 4.26. The fourth-order valence-electron chi connectivity index (χ4n) is 4.26. The van der Waals surface area contributed by atoms with E-state index < -0.39 is 41.4 Å². The van der Waals surface area contributed by atoms with E-state index in [4.69, 9.17) is 0 Å². The van der Waals surface area contributed by atoms with E-state index in [0.717, 1.165) is 18.6 Å². The number of aryl methyl sites for hydroxylation is 3. The van der Waals surface area contributed by atoms with Crippen molar-refractivity contribution in [3.63, 3.8) is 0 Å². The molecule has 0 spiro atoms. The molecule has 0 aliphatic carbocycles. The van der Waals surface area contributed by atoms with E-state index in [9.17, 15) is 26.3 Å². The molecule has 188 valence electrons. The molecular formula is C28H21F7O. The lowest BCUT2D eigenvalue weighted by Crippen LogP contribution is -2.06. The van der Waals surface area contributed by atoms with Crippen LogP contribution in [0, 0.1) is 29.1 Å². The standard InChI is InChI=1S/C28H21F7O/c1-2-3-15-10-21(29)25(22(30)11-15)19-8-9-20-18(14-19)7-6-17(26(20)33)5-4-16-12-23(31)27(24(32)13-16)36-28(34)35/h6-14,28H,2-5H2,1H3. The Balaban J connectivity index is 1.58. The number of ether oxygens (including phenoxy) is 1. The summed E-state index contributed by atoms with van der Waals surface area (Å²) in [5.41, 5.74) is 1.03. The first-order valence-corrected chi connectivity index (χ1v) is 11.3. The van der Waals surface area contributed by atoms with Crippen molar-refractivity contribution in [2.24, 2.45) is 0 Å². The molecule has 4 rings (SSSR count). The molecule has 0 aliphatic heterocycles. The zero-order chi connectivity index (χ0) is 26.0. The molecule has 4 aromatic rings. The molecule has 8 heteroatoms. The molecule has 0 saturated heterocycles. The molecule has 0 aromatic heterocycles. The van der Waals surface area contributed by atoms with Crippen LogP contribution in [0.1, 0.15) is 30.0 Å². The average molecular weight is 506 g/mol. The summed E-state index contributed by atoms with van der Waals surface area (Å²) in [5.74, 6) is -5.69. The van der Waals surface area contributed by atoms with Crippen molar-refractivity contribution in [3.8, 4) is 16.9 Å². The Labute approximate surface area is 203 Å². The first-order chi connectivity index (χ1) is 17.2. The van der Waals surface area contributed by atoms with Gasteiger partial charge in [0.2, 0.25) is 0 Å². The second-order valence-electron chi connectivity index (χ2n) is 8.43. The number of hydrogen-bond acceptors (Lipinski definition) is 1. The van der Waals surface area contributed by atoms with Gasteiger partial charge in [0.15, 0.2) is 17.4 Å².